The van der Waals surface area contributed by atoms with Crippen LogP contribution in [-0.2, 0) is 11.3 Å². The van der Waals surface area contributed by atoms with E-state index in [9.17, 15) is 4.79 Å². The number of nitrogens with one attached hydrogen (secondary N) is 1. The van der Waals surface area contributed by atoms with Crippen LogP contribution < -0.4 is 11.1 Å². The van der Waals surface area contributed by atoms with Crippen molar-refractivity contribution in [2.45, 2.75) is 6.54 Å². The predicted molar refractivity (Wildman–Crippen MR) is 86.9 cm³/mol. The van der Waals surface area contributed by atoms with Crippen molar-refractivity contribution in [3.05, 3.63) is 46.8 Å². The first-order valence-electron chi connectivity index (χ1n) is 6.60. The Morgan fingerprint density at radius 3 is 2.82 bits per heavy atom. The highest BCUT2D eigenvalue weighted by molar-refractivity contribution is 7.20. The van der Waals surface area contributed by atoms with Crippen molar-refractivity contribution < 1.29 is 9.53 Å². The molecule has 0 amide bonds. The lowest BCUT2D eigenvalue weighted by molar-refractivity contribution is 0.0606. The molecular formula is C15H14N4O2S. The number of nitrogen functional groups attached to an aromatic ring is 1. The van der Waals surface area contributed by atoms with Crippen molar-refractivity contribution in [3.63, 3.8) is 0 Å². The number of hydrogen-bond donors (Lipinski definition) is 2. The smallest absolute Gasteiger partial charge is 0.348 e. The van der Waals surface area contributed by atoms with Gasteiger partial charge >= 0.3 is 5.97 Å². The van der Waals surface area contributed by atoms with Crippen molar-refractivity contribution in [1.82, 2.24) is 9.97 Å². The molecule has 0 aliphatic rings. The minimum Gasteiger partial charge on any atom is -0.465 e. The predicted octanol–water partition coefficient (Wildman–Crippen LogP) is 2.67. The van der Waals surface area contributed by atoms with E-state index in [4.69, 9.17) is 10.5 Å². The lowest BCUT2D eigenvalue weighted by Gasteiger charge is -2.07. The molecule has 6 nitrogen and oxygen atoms in total. The molecule has 0 atom stereocenters. The second-order valence-corrected chi connectivity index (χ2v) is 5.62. The maximum absolute atomic E-state index is 11.6. The number of aromatic nitrogens is 2. The quantitative estimate of drug-likeness (QED) is 0.720. The summed E-state index contributed by atoms with van der Waals surface area (Å²) >= 11 is 1.23. The van der Waals surface area contributed by atoms with Gasteiger partial charge in [-0.3, -0.25) is 0 Å². The molecule has 22 heavy (non-hydrogen) atoms. The van der Waals surface area contributed by atoms with Gasteiger partial charge in [-0.1, -0.05) is 30.3 Å². The topological polar surface area (TPSA) is 90.1 Å². The van der Waals surface area contributed by atoms with E-state index in [1.807, 2.05) is 30.3 Å². The number of esters is 1. The summed E-state index contributed by atoms with van der Waals surface area (Å²) in [5.41, 5.74) is 6.86. The fourth-order valence-corrected chi connectivity index (χ4v) is 3.01. The first kappa shape index (κ1) is 14.3. The Morgan fingerprint density at radius 2 is 2.09 bits per heavy atom. The van der Waals surface area contributed by atoms with Gasteiger partial charge in [-0.2, -0.15) is 4.98 Å². The summed E-state index contributed by atoms with van der Waals surface area (Å²) in [4.78, 5) is 21.2. The summed E-state index contributed by atoms with van der Waals surface area (Å²) in [6.07, 6.45) is 0. The third-order valence-electron chi connectivity index (χ3n) is 3.10. The van der Waals surface area contributed by atoms with Gasteiger partial charge in [0.15, 0.2) is 0 Å². The van der Waals surface area contributed by atoms with Gasteiger partial charge in [0, 0.05) is 6.54 Å². The monoisotopic (exact) mass is 314 g/mol. The highest BCUT2D eigenvalue weighted by Gasteiger charge is 2.15. The number of carbonyl (C=O) groups is 1. The van der Waals surface area contributed by atoms with Crippen molar-refractivity contribution >= 4 is 39.3 Å². The summed E-state index contributed by atoms with van der Waals surface area (Å²) in [7, 11) is 1.35. The molecule has 3 N–H and O–H groups in total. The third kappa shape index (κ3) is 2.84. The summed E-state index contributed by atoms with van der Waals surface area (Å²) < 4.78 is 4.74. The number of hydrogen-bond acceptors (Lipinski definition) is 7. The molecule has 2 heterocycles. The Morgan fingerprint density at radius 1 is 1.32 bits per heavy atom. The van der Waals surface area contributed by atoms with Gasteiger partial charge < -0.3 is 15.8 Å². The zero-order chi connectivity index (χ0) is 15.5. The molecule has 0 unspecified atom stereocenters. The van der Waals surface area contributed by atoms with Gasteiger partial charge in [0.25, 0.3) is 0 Å². The second-order valence-electron chi connectivity index (χ2n) is 4.59. The van der Waals surface area contributed by atoms with Crippen molar-refractivity contribution in [1.29, 1.82) is 0 Å². The first-order valence-corrected chi connectivity index (χ1v) is 7.42. The van der Waals surface area contributed by atoms with Crippen LogP contribution in [0.2, 0.25) is 0 Å². The van der Waals surface area contributed by atoms with E-state index in [1.165, 1.54) is 18.4 Å². The molecule has 112 valence electrons. The van der Waals surface area contributed by atoms with Crippen LogP contribution >= 0.6 is 11.3 Å². The molecular weight excluding hydrogens is 300 g/mol. The van der Waals surface area contributed by atoms with E-state index >= 15 is 0 Å². The standard InChI is InChI=1S/C15H14N4O2S/c1-21-14(20)11-7-10-12(18-15(16)19-13(10)22-11)17-8-9-5-3-2-4-6-9/h2-7H,8H2,1H3,(H3,16,17,18,19). The van der Waals surface area contributed by atoms with E-state index in [0.29, 0.717) is 22.1 Å². The van der Waals surface area contributed by atoms with Gasteiger partial charge in [0.05, 0.1) is 12.5 Å². The molecule has 0 fully saturated rings. The Balaban J connectivity index is 1.94. The average molecular weight is 314 g/mol. The van der Waals surface area contributed by atoms with Crippen molar-refractivity contribution in [3.8, 4) is 0 Å². The molecule has 0 aliphatic carbocycles. The Labute approximate surface area is 131 Å². The fraction of sp³-hybridized carbons (Fsp3) is 0.133. The van der Waals surface area contributed by atoms with Crippen molar-refractivity contribution in [2.75, 3.05) is 18.2 Å². The largest absolute Gasteiger partial charge is 0.465 e. The van der Waals surface area contributed by atoms with Crippen LogP contribution in [0, 0.1) is 0 Å². The van der Waals surface area contributed by atoms with Crippen molar-refractivity contribution in [2.24, 2.45) is 0 Å². The molecule has 3 rings (SSSR count). The molecule has 0 saturated heterocycles. The molecule has 0 bridgehead atoms. The number of anilines is 2. The highest BCUT2D eigenvalue weighted by atomic mass is 32.1. The molecule has 0 spiro atoms. The Bertz CT molecular complexity index is 817. The van der Waals surface area contributed by atoms with Crippen LogP contribution in [0.1, 0.15) is 15.2 Å². The van der Waals surface area contributed by atoms with E-state index in [1.54, 1.807) is 6.07 Å². The number of carbonyl (C=O) groups excluding carboxylic acids is 1. The molecule has 0 aliphatic heterocycles. The number of nitrogens with two attached hydrogens (primary N) is 1. The third-order valence-corrected chi connectivity index (χ3v) is 4.11. The molecule has 0 saturated carbocycles. The zero-order valence-corrected chi connectivity index (χ0v) is 12.7. The number of thiophene rings is 1. The van der Waals surface area contributed by atoms with Gasteiger partial charge in [0.2, 0.25) is 5.95 Å². The minimum absolute atomic E-state index is 0.168. The molecule has 2 aromatic heterocycles. The summed E-state index contributed by atoms with van der Waals surface area (Å²) in [6.45, 7) is 0.607. The van der Waals surface area contributed by atoms with E-state index < -0.39 is 5.97 Å². The van der Waals surface area contributed by atoms with Gasteiger partial charge in [-0.25, -0.2) is 9.78 Å². The Kier molecular flexibility index (Phi) is 3.88. The van der Waals surface area contributed by atoms with Crippen LogP contribution in [0.25, 0.3) is 10.2 Å². The lowest BCUT2D eigenvalue weighted by atomic mass is 10.2. The Hall–Kier alpha value is -2.67. The van der Waals surface area contributed by atoms with Crippen LogP contribution in [-0.4, -0.2) is 23.0 Å². The van der Waals surface area contributed by atoms with Crippen LogP contribution in [0.3, 0.4) is 0 Å². The summed E-state index contributed by atoms with van der Waals surface area (Å²) in [5, 5.41) is 4.00. The number of fused-ring (bicyclic) bond motifs is 1. The summed E-state index contributed by atoms with van der Waals surface area (Å²) in [6, 6.07) is 11.7. The van der Waals surface area contributed by atoms with E-state index in [2.05, 4.69) is 15.3 Å². The zero-order valence-electron chi connectivity index (χ0n) is 11.9. The minimum atomic E-state index is -0.393. The molecule has 3 aromatic rings. The average Bonchev–Trinajstić information content (AvgIpc) is 2.96. The van der Waals surface area contributed by atoms with Gasteiger partial charge in [-0.15, -0.1) is 11.3 Å². The maximum Gasteiger partial charge on any atom is 0.348 e. The summed E-state index contributed by atoms with van der Waals surface area (Å²) in [5.74, 6) is 0.384. The number of rotatable bonds is 4. The SMILES string of the molecule is COC(=O)c1cc2c(NCc3ccccc3)nc(N)nc2s1. The maximum atomic E-state index is 11.6. The normalized spacial score (nSPS) is 10.6. The number of nitrogens with zero attached hydrogens (tertiary/aromatic N) is 2. The number of benzene rings is 1. The fourth-order valence-electron chi connectivity index (χ4n) is 2.06. The van der Waals surface area contributed by atoms with Crippen LogP contribution in [0.5, 0.6) is 0 Å². The van der Waals surface area contributed by atoms with Crippen LogP contribution in [0.15, 0.2) is 36.4 Å². The van der Waals surface area contributed by atoms with E-state index in [-0.39, 0.29) is 5.95 Å². The van der Waals surface area contributed by atoms with E-state index in [0.717, 1.165) is 10.9 Å². The van der Waals surface area contributed by atoms with Crippen LogP contribution in [0.4, 0.5) is 11.8 Å². The van der Waals surface area contributed by atoms with Gasteiger partial charge in [-0.05, 0) is 11.6 Å². The number of ether oxygens (including phenoxy) is 1. The lowest BCUT2D eigenvalue weighted by Crippen LogP contribution is -2.04. The second kappa shape index (κ2) is 5.98. The first-order chi connectivity index (χ1) is 10.7. The number of methoxy groups -OCH3 is 1. The van der Waals surface area contributed by atoms with Gasteiger partial charge in [0.1, 0.15) is 15.5 Å². The molecule has 1 aromatic carbocycles. The molecule has 7 heteroatoms. The highest BCUT2D eigenvalue weighted by Crippen LogP contribution is 2.30. The molecule has 0 radical (unpaired) electrons.